The van der Waals surface area contributed by atoms with Gasteiger partial charge in [0, 0.05) is 33.0 Å². The number of aliphatic imine (C=N–C) groups is 1. The molecule has 0 radical (unpaired) electrons. The molecule has 1 aliphatic heterocycles. The fourth-order valence-electron chi connectivity index (χ4n) is 8.73. The number of aryl methyl sites for hydroxylation is 1. The number of benzene rings is 7. The van der Waals surface area contributed by atoms with Crippen molar-refractivity contribution in [2.24, 2.45) is 4.99 Å². The summed E-state index contributed by atoms with van der Waals surface area (Å²) >= 11 is 0. The SMILES string of the molecule is C1=Cc2c(n3c4cc(-c5ccc(-c6cc7ccccc7cc6C6NC(c7ccccc7)=NC(c7ccccc7)N6)cc5)ccc4c4cccc2c43)CC1. The summed E-state index contributed by atoms with van der Waals surface area (Å²) in [5, 5.41) is 14.1. The molecule has 9 aromatic rings. The summed E-state index contributed by atoms with van der Waals surface area (Å²) in [6.45, 7) is 0. The molecule has 0 amide bonds. The second-order valence-corrected chi connectivity index (χ2v) is 14.3. The van der Waals surface area contributed by atoms with Gasteiger partial charge >= 0.3 is 0 Å². The van der Waals surface area contributed by atoms with E-state index in [2.05, 4.69) is 179 Å². The fourth-order valence-corrected chi connectivity index (χ4v) is 8.73. The minimum absolute atomic E-state index is 0.176. The molecule has 2 atom stereocenters. The minimum atomic E-state index is -0.200. The van der Waals surface area contributed by atoms with E-state index < -0.39 is 0 Å². The first-order valence-corrected chi connectivity index (χ1v) is 18.6. The second-order valence-electron chi connectivity index (χ2n) is 14.3. The number of hydrogen-bond acceptors (Lipinski definition) is 3. The van der Waals surface area contributed by atoms with Crippen molar-refractivity contribution in [3.63, 3.8) is 0 Å². The number of para-hydroxylation sites is 1. The molecular formula is C49H36N4. The van der Waals surface area contributed by atoms with Gasteiger partial charge in [-0.05, 0) is 75.2 Å². The third-order valence-corrected chi connectivity index (χ3v) is 11.3. The van der Waals surface area contributed by atoms with Crippen molar-refractivity contribution in [1.29, 1.82) is 0 Å². The van der Waals surface area contributed by atoms with E-state index in [-0.39, 0.29) is 12.3 Å². The Morgan fingerprint density at radius 3 is 2.13 bits per heavy atom. The van der Waals surface area contributed by atoms with Crippen molar-refractivity contribution in [2.45, 2.75) is 25.2 Å². The van der Waals surface area contributed by atoms with E-state index in [0.29, 0.717) is 0 Å². The number of aromatic nitrogens is 1. The third kappa shape index (κ3) is 4.91. The molecule has 2 aliphatic rings. The first kappa shape index (κ1) is 30.2. The molecule has 0 saturated carbocycles. The number of nitrogens with zero attached hydrogens (tertiary/aromatic N) is 2. The smallest absolute Gasteiger partial charge is 0.131 e. The Hall–Kier alpha value is -6.49. The number of allylic oxidation sites excluding steroid dienone is 1. The lowest BCUT2D eigenvalue weighted by atomic mass is 9.92. The molecule has 2 N–H and O–H groups in total. The molecule has 0 spiro atoms. The Morgan fingerprint density at radius 2 is 1.30 bits per heavy atom. The maximum atomic E-state index is 5.17. The summed E-state index contributed by atoms with van der Waals surface area (Å²) in [6.07, 6.45) is 6.43. The molecule has 11 rings (SSSR count). The lowest BCUT2D eigenvalue weighted by Crippen LogP contribution is -2.45. The highest BCUT2D eigenvalue weighted by molar-refractivity contribution is 6.17. The molecule has 252 valence electrons. The van der Waals surface area contributed by atoms with Gasteiger partial charge in [0.2, 0.25) is 0 Å². The van der Waals surface area contributed by atoms with Gasteiger partial charge in [-0.15, -0.1) is 0 Å². The lowest BCUT2D eigenvalue weighted by molar-refractivity contribution is 0.410. The molecule has 0 bridgehead atoms. The van der Waals surface area contributed by atoms with Crippen LogP contribution in [-0.4, -0.2) is 10.2 Å². The van der Waals surface area contributed by atoms with E-state index >= 15 is 0 Å². The van der Waals surface area contributed by atoms with Gasteiger partial charge < -0.3 is 9.72 Å². The van der Waals surface area contributed by atoms with Crippen molar-refractivity contribution in [3.05, 3.63) is 192 Å². The highest BCUT2D eigenvalue weighted by Gasteiger charge is 2.28. The van der Waals surface area contributed by atoms with Crippen molar-refractivity contribution in [2.75, 3.05) is 0 Å². The predicted molar refractivity (Wildman–Crippen MR) is 221 cm³/mol. The van der Waals surface area contributed by atoms with Crippen LogP contribution in [0, 0.1) is 0 Å². The van der Waals surface area contributed by atoms with E-state index in [4.69, 9.17) is 4.99 Å². The van der Waals surface area contributed by atoms with Crippen LogP contribution < -0.4 is 10.6 Å². The molecule has 4 heteroatoms. The molecule has 4 nitrogen and oxygen atoms in total. The zero-order valence-electron chi connectivity index (χ0n) is 29.1. The van der Waals surface area contributed by atoms with Crippen LogP contribution in [0.3, 0.4) is 0 Å². The fraction of sp³-hybridized carbons (Fsp3) is 0.0816. The summed E-state index contributed by atoms with van der Waals surface area (Å²) in [5.74, 6) is 0.883. The molecule has 2 unspecified atom stereocenters. The first-order chi connectivity index (χ1) is 26.3. The van der Waals surface area contributed by atoms with Crippen molar-refractivity contribution >= 4 is 49.9 Å². The molecule has 2 aromatic heterocycles. The Kier molecular flexibility index (Phi) is 6.86. The standard InChI is InChI=1S/C49H36N4/c1-3-12-33(13-4-1)47-50-48(34-14-5-2-6-15-34)52-49(51-47)43-29-36-17-8-7-16-35(36)28-42(43)32-24-22-31(23-25-32)37-26-27-39-41-20-11-19-40-38-18-9-10-21-44(38)53(46(40)41)45(39)30-37/h1-9,11-20,22-30,47,49,51H,10,21H2,(H,50,52). The molecule has 0 fully saturated rings. The van der Waals surface area contributed by atoms with E-state index in [1.165, 1.54) is 77.0 Å². The molecule has 3 heterocycles. The minimum Gasteiger partial charge on any atom is -0.350 e. The zero-order valence-corrected chi connectivity index (χ0v) is 29.1. The number of fused-ring (bicyclic) bond motifs is 7. The zero-order chi connectivity index (χ0) is 34.9. The van der Waals surface area contributed by atoms with Crippen LogP contribution in [-0.2, 0) is 6.42 Å². The molecule has 7 aromatic carbocycles. The molecular weight excluding hydrogens is 645 g/mol. The quantitative estimate of drug-likeness (QED) is 0.190. The average Bonchev–Trinajstić information content (AvgIpc) is 3.76. The summed E-state index contributed by atoms with van der Waals surface area (Å²) < 4.78 is 2.54. The van der Waals surface area contributed by atoms with Gasteiger partial charge in [-0.2, -0.15) is 0 Å². The first-order valence-electron chi connectivity index (χ1n) is 18.6. The highest BCUT2D eigenvalue weighted by atomic mass is 15.3. The maximum absolute atomic E-state index is 5.17. The van der Waals surface area contributed by atoms with Crippen LogP contribution in [0.25, 0.3) is 66.3 Å². The van der Waals surface area contributed by atoms with Gasteiger partial charge in [0.15, 0.2) is 0 Å². The Balaban J connectivity index is 1.01. The Morgan fingerprint density at radius 1 is 0.585 bits per heavy atom. The number of amidine groups is 1. The molecule has 1 aliphatic carbocycles. The normalized spacial score (nSPS) is 17.0. The number of nitrogens with one attached hydrogen (secondary N) is 2. The largest absolute Gasteiger partial charge is 0.350 e. The van der Waals surface area contributed by atoms with Crippen LogP contribution in [0.5, 0.6) is 0 Å². The van der Waals surface area contributed by atoms with Crippen molar-refractivity contribution in [1.82, 2.24) is 15.0 Å². The number of hydrogen-bond donors (Lipinski definition) is 2. The third-order valence-electron chi connectivity index (χ3n) is 11.3. The summed E-state index contributed by atoms with van der Waals surface area (Å²) in [4.78, 5) is 5.17. The van der Waals surface area contributed by atoms with Gasteiger partial charge in [-0.1, -0.05) is 152 Å². The average molecular weight is 681 g/mol. The van der Waals surface area contributed by atoms with E-state index in [0.717, 1.165) is 29.8 Å². The second kappa shape index (κ2) is 12.0. The van der Waals surface area contributed by atoms with Crippen LogP contribution in [0.4, 0.5) is 0 Å². The van der Waals surface area contributed by atoms with Crippen LogP contribution in [0.15, 0.2) is 169 Å². The van der Waals surface area contributed by atoms with Crippen LogP contribution in [0.2, 0.25) is 0 Å². The van der Waals surface area contributed by atoms with Crippen LogP contribution in [0.1, 0.15) is 46.7 Å². The number of rotatable bonds is 5. The summed E-state index contributed by atoms with van der Waals surface area (Å²) in [7, 11) is 0. The predicted octanol–water partition coefficient (Wildman–Crippen LogP) is 11.5. The van der Waals surface area contributed by atoms with Gasteiger partial charge in [0.1, 0.15) is 18.2 Å². The summed E-state index contributed by atoms with van der Waals surface area (Å²) in [5.41, 5.74) is 13.7. The van der Waals surface area contributed by atoms with Gasteiger partial charge in [0.25, 0.3) is 0 Å². The Bertz CT molecular complexity index is 2880. The van der Waals surface area contributed by atoms with E-state index in [9.17, 15) is 0 Å². The van der Waals surface area contributed by atoms with Crippen LogP contribution >= 0.6 is 0 Å². The molecule has 53 heavy (non-hydrogen) atoms. The Labute approximate surface area is 308 Å². The van der Waals surface area contributed by atoms with Gasteiger partial charge in [-0.25, -0.2) is 4.99 Å². The molecule has 0 saturated heterocycles. The lowest BCUT2D eigenvalue weighted by Gasteiger charge is -2.33. The highest BCUT2D eigenvalue weighted by Crippen LogP contribution is 2.41. The van der Waals surface area contributed by atoms with E-state index in [1.54, 1.807) is 0 Å². The maximum Gasteiger partial charge on any atom is 0.131 e. The van der Waals surface area contributed by atoms with E-state index in [1.807, 2.05) is 6.07 Å². The van der Waals surface area contributed by atoms with Gasteiger partial charge in [-0.3, -0.25) is 5.32 Å². The monoisotopic (exact) mass is 680 g/mol. The van der Waals surface area contributed by atoms with Gasteiger partial charge in [0.05, 0.1) is 11.0 Å². The van der Waals surface area contributed by atoms with Crippen molar-refractivity contribution in [3.8, 4) is 22.3 Å². The van der Waals surface area contributed by atoms with Crippen molar-refractivity contribution < 1.29 is 0 Å². The topological polar surface area (TPSA) is 40.8 Å². The summed E-state index contributed by atoms with van der Waals surface area (Å²) in [6, 6.07) is 57.2.